The largest absolute Gasteiger partial charge is 0.486 e. The first-order chi connectivity index (χ1) is 7.93. The highest BCUT2D eigenvalue weighted by atomic mass is 16.5. The number of hydrogen-bond donors (Lipinski definition) is 1. The number of hydrogen-bond acceptors (Lipinski definition) is 3. The van der Waals surface area contributed by atoms with Gasteiger partial charge in [-0.2, -0.15) is 5.10 Å². The van der Waals surface area contributed by atoms with E-state index in [0.29, 0.717) is 0 Å². The molecule has 0 amide bonds. The third-order valence-electron chi connectivity index (χ3n) is 2.65. The summed E-state index contributed by atoms with van der Waals surface area (Å²) in [5, 5.41) is 7.41. The summed E-state index contributed by atoms with van der Waals surface area (Å²) >= 11 is 0. The van der Waals surface area contributed by atoms with Crippen molar-refractivity contribution in [1.29, 1.82) is 0 Å². The fourth-order valence-corrected chi connectivity index (χ4v) is 1.68. The molecule has 1 saturated heterocycles. The lowest BCUT2D eigenvalue weighted by Crippen LogP contribution is -2.50. The molecular weight excluding hydrogens is 202 g/mol. The number of rotatable bonds is 3. The molecule has 1 fully saturated rings. The van der Waals surface area contributed by atoms with E-state index in [-0.39, 0.29) is 6.10 Å². The van der Waals surface area contributed by atoms with Crippen LogP contribution in [0.4, 0.5) is 0 Å². The van der Waals surface area contributed by atoms with Crippen molar-refractivity contribution in [2.45, 2.75) is 6.10 Å². The molecule has 0 bridgehead atoms. The molecule has 2 heterocycles. The highest BCUT2D eigenvalue weighted by Gasteiger charge is 2.19. The molecule has 0 radical (unpaired) electrons. The highest BCUT2D eigenvalue weighted by molar-refractivity contribution is 5.46. The van der Waals surface area contributed by atoms with E-state index >= 15 is 0 Å². The van der Waals surface area contributed by atoms with Crippen LogP contribution in [0.3, 0.4) is 0 Å². The Morgan fingerprint density at radius 3 is 2.81 bits per heavy atom. The summed E-state index contributed by atoms with van der Waals surface area (Å²) in [4.78, 5) is 0. The summed E-state index contributed by atoms with van der Waals surface area (Å²) in [5.41, 5.74) is 0.986. The van der Waals surface area contributed by atoms with Gasteiger partial charge in [0.2, 0.25) is 0 Å². The second-order valence-electron chi connectivity index (χ2n) is 3.82. The Hall–Kier alpha value is -1.81. The van der Waals surface area contributed by atoms with E-state index in [9.17, 15) is 0 Å². The van der Waals surface area contributed by atoms with Crippen molar-refractivity contribution in [3.63, 3.8) is 0 Å². The standard InChI is InChI=1S/C12H13N3O/c1-2-5-12(16-10-8-13-9-10)11(4-1)15-7-3-6-14-15/h1-7,10,13H,8-9H2. The molecule has 0 atom stereocenters. The molecule has 1 aliphatic heterocycles. The summed E-state index contributed by atoms with van der Waals surface area (Å²) in [7, 11) is 0. The predicted molar refractivity (Wildman–Crippen MR) is 60.8 cm³/mol. The van der Waals surface area contributed by atoms with Gasteiger partial charge in [-0.3, -0.25) is 0 Å². The minimum atomic E-state index is 0.289. The third-order valence-corrected chi connectivity index (χ3v) is 2.65. The van der Waals surface area contributed by atoms with Crippen molar-refractivity contribution >= 4 is 0 Å². The molecule has 1 aromatic heterocycles. The lowest BCUT2D eigenvalue weighted by atomic mass is 10.2. The lowest BCUT2D eigenvalue weighted by molar-refractivity contribution is 0.142. The molecule has 3 rings (SSSR count). The zero-order chi connectivity index (χ0) is 10.8. The van der Waals surface area contributed by atoms with Gasteiger partial charge in [-0.05, 0) is 18.2 Å². The Morgan fingerprint density at radius 2 is 2.12 bits per heavy atom. The summed E-state index contributed by atoms with van der Waals surface area (Å²) in [6.07, 6.45) is 3.97. The van der Waals surface area contributed by atoms with Crippen LogP contribution in [0.25, 0.3) is 5.69 Å². The van der Waals surface area contributed by atoms with Crippen molar-refractivity contribution in [1.82, 2.24) is 15.1 Å². The minimum Gasteiger partial charge on any atom is -0.486 e. The van der Waals surface area contributed by atoms with E-state index < -0.39 is 0 Å². The summed E-state index contributed by atoms with van der Waals surface area (Å²) in [6, 6.07) is 9.86. The minimum absolute atomic E-state index is 0.289. The summed E-state index contributed by atoms with van der Waals surface area (Å²) in [6.45, 7) is 1.85. The van der Waals surface area contributed by atoms with Crippen molar-refractivity contribution in [2.24, 2.45) is 0 Å². The maximum atomic E-state index is 5.88. The van der Waals surface area contributed by atoms with Crippen LogP contribution in [0, 0.1) is 0 Å². The Morgan fingerprint density at radius 1 is 1.25 bits per heavy atom. The van der Waals surface area contributed by atoms with Crippen molar-refractivity contribution in [2.75, 3.05) is 13.1 Å². The van der Waals surface area contributed by atoms with E-state index in [1.807, 2.05) is 41.2 Å². The van der Waals surface area contributed by atoms with Gasteiger partial charge in [-0.1, -0.05) is 12.1 Å². The predicted octanol–water partition coefficient (Wildman–Crippen LogP) is 1.22. The van der Waals surface area contributed by atoms with Crippen molar-refractivity contribution in [3.05, 3.63) is 42.7 Å². The Kier molecular flexibility index (Phi) is 2.34. The second kappa shape index (κ2) is 3.98. The van der Waals surface area contributed by atoms with E-state index in [1.165, 1.54) is 0 Å². The average molecular weight is 215 g/mol. The molecule has 0 saturated carbocycles. The number of ether oxygens (including phenoxy) is 1. The van der Waals surface area contributed by atoms with Crippen LogP contribution in [-0.4, -0.2) is 29.0 Å². The van der Waals surface area contributed by atoms with Crippen LogP contribution in [0.2, 0.25) is 0 Å². The lowest BCUT2D eigenvalue weighted by Gasteiger charge is -2.28. The van der Waals surface area contributed by atoms with E-state index in [1.54, 1.807) is 6.20 Å². The van der Waals surface area contributed by atoms with Gasteiger partial charge < -0.3 is 10.1 Å². The van der Waals surface area contributed by atoms with E-state index in [0.717, 1.165) is 24.5 Å². The molecule has 0 unspecified atom stereocenters. The SMILES string of the molecule is c1ccc(-n2cccn2)c(OC2CNC2)c1. The van der Waals surface area contributed by atoms with Gasteiger partial charge in [0.15, 0.2) is 0 Å². The van der Waals surface area contributed by atoms with Crippen molar-refractivity contribution < 1.29 is 4.74 Å². The number of aromatic nitrogens is 2. The second-order valence-corrected chi connectivity index (χ2v) is 3.82. The Balaban J connectivity index is 1.91. The molecule has 1 aliphatic rings. The highest BCUT2D eigenvalue weighted by Crippen LogP contribution is 2.23. The monoisotopic (exact) mass is 215 g/mol. The van der Waals surface area contributed by atoms with Gasteiger partial charge >= 0.3 is 0 Å². The number of para-hydroxylation sites is 2. The van der Waals surface area contributed by atoms with E-state index in [4.69, 9.17) is 4.74 Å². The quantitative estimate of drug-likeness (QED) is 0.836. The molecular formula is C12H13N3O. The van der Waals surface area contributed by atoms with Crippen molar-refractivity contribution in [3.8, 4) is 11.4 Å². The normalized spacial score (nSPS) is 15.8. The van der Waals surface area contributed by atoms with Crippen LogP contribution in [0.5, 0.6) is 5.75 Å². The number of nitrogens with one attached hydrogen (secondary N) is 1. The molecule has 1 aromatic carbocycles. The molecule has 2 aromatic rings. The average Bonchev–Trinajstić information content (AvgIpc) is 2.77. The van der Waals surface area contributed by atoms with Gasteiger partial charge in [-0.15, -0.1) is 0 Å². The van der Waals surface area contributed by atoms with Gasteiger partial charge in [0, 0.05) is 25.5 Å². The van der Waals surface area contributed by atoms with Gasteiger partial charge in [0.25, 0.3) is 0 Å². The van der Waals surface area contributed by atoms with E-state index in [2.05, 4.69) is 10.4 Å². The molecule has 4 nitrogen and oxygen atoms in total. The first-order valence-corrected chi connectivity index (χ1v) is 5.40. The van der Waals surface area contributed by atoms with Crippen LogP contribution in [0.1, 0.15) is 0 Å². The summed E-state index contributed by atoms with van der Waals surface area (Å²) in [5.74, 6) is 0.887. The molecule has 0 spiro atoms. The van der Waals surface area contributed by atoms with Gasteiger partial charge in [0.1, 0.15) is 17.5 Å². The molecule has 0 aliphatic carbocycles. The maximum absolute atomic E-state index is 5.88. The third kappa shape index (κ3) is 1.67. The van der Waals surface area contributed by atoms with Gasteiger partial charge in [0.05, 0.1) is 0 Å². The van der Waals surface area contributed by atoms with Crippen LogP contribution < -0.4 is 10.1 Å². The number of nitrogens with zero attached hydrogens (tertiary/aromatic N) is 2. The number of benzene rings is 1. The molecule has 82 valence electrons. The van der Waals surface area contributed by atoms with Crippen LogP contribution in [0.15, 0.2) is 42.7 Å². The molecule has 1 N–H and O–H groups in total. The van der Waals surface area contributed by atoms with Gasteiger partial charge in [-0.25, -0.2) is 4.68 Å². The zero-order valence-electron chi connectivity index (χ0n) is 8.84. The van der Waals surface area contributed by atoms with Crippen LogP contribution in [-0.2, 0) is 0 Å². The maximum Gasteiger partial charge on any atom is 0.145 e. The molecule has 4 heteroatoms. The Labute approximate surface area is 93.8 Å². The topological polar surface area (TPSA) is 39.1 Å². The van der Waals surface area contributed by atoms with Crippen LogP contribution >= 0.6 is 0 Å². The first-order valence-electron chi connectivity index (χ1n) is 5.40. The fourth-order valence-electron chi connectivity index (χ4n) is 1.68. The zero-order valence-corrected chi connectivity index (χ0v) is 8.84. The summed E-state index contributed by atoms with van der Waals surface area (Å²) < 4.78 is 7.70. The smallest absolute Gasteiger partial charge is 0.145 e. The first kappa shape index (κ1) is 9.42. The Bertz CT molecular complexity index is 463. The molecule has 16 heavy (non-hydrogen) atoms. The fraction of sp³-hybridized carbons (Fsp3) is 0.250.